The minimum atomic E-state index is -0.00201. The predicted molar refractivity (Wildman–Crippen MR) is 120 cm³/mol. The van der Waals surface area contributed by atoms with E-state index in [4.69, 9.17) is 9.40 Å². The molecule has 31 heavy (non-hydrogen) atoms. The molecule has 0 saturated heterocycles. The summed E-state index contributed by atoms with van der Waals surface area (Å²) in [4.78, 5) is 8.15. The van der Waals surface area contributed by atoms with E-state index in [-0.39, 0.29) is 13.2 Å². The third-order valence-corrected chi connectivity index (χ3v) is 5.50. The predicted octanol–water partition coefficient (Wildman–Crippen LogP) is 5.07. The molecule has 0 aliphatic carbocycles. The summed E-state index contributed by atoms with van der Waals surface area (Å²) in [5.41, 5.74) is 6.49. The first-order valence-corrected chi connectivity index (χ1v) is 10.2. The molecule has 0 amide bonds. The van der Waals surface area contributed by atoms with Gasteiger partial charge in [0.25, 0.3) is 0 Å². The minimum Gasteiger partial charge on any atom is -0.440 e. The lowest BCUT2D eigenvalue weighted by atomic mass is 10.0. The monoisotopic (exact) mass is 410 g/mol. The van der Waals surface area contributed by atoms with Gasteiger partial charge in [-0.15, -0.1) is 0 Å². The molecule has 5 nitrogen and oxygen atoms in total. The topological polar surface area (TPSA) is 82.3 Å². The van der Waals surface area contributed by atoms with Crippen molar-refractivity contribution in [3.05, 3.63) is 102 Å². The maximum absolute atomic E-state index is 9.36. The fourth-order valence-electron chi connectivity index (χ4n) is 3.80. The molecule has 0 saturated carbocycles. The summed E-state index contributed by atoms with van der Waals surface area (Å²) < 4.78 is 6.27. The van der Waals surface area contributed by atoms with Crippen LogP contribution in [0.1, 0.15) is 22.6 Å². The van der Waals surface area contributed by atoms with Gasteiger partial charge in [-0.05, 0) is 22.8 Å². The van der Waals surface area contributed by atoms with Crippen molar-refractivity contribution in [3.8, 4) is 22.6 Å². The van der Waals surface area contributed by atoms with Crippen LogP contribution in [-0.4, -0.2) is 20.2 Å². The molecule has 0 radical (unpaired) electrons. The third kappa shape index (κ3) is 3.77. The zero-order valence-electron chi connectivity index (χ0n) is 16.9. The second kappa shape index (κ2) is 8.22. The minimum absolute atomic E-state index is 0.000385. The molecule has 2 heterocycles. The lowest BCUT2D eigenvalue weighted by Crippen LogP contribution is -1.88. The summed E-state index contributed by atoms with van der Waals surface area (Å²) >= 11 is 0. The van der Waals surface area contributed by atoms with E-state index >= 15 is 0 Å². The average molecular weight is 410 g/mol. The molecular formula is C26H22N2O3. The number of fused-ring (bicyclic) bond motifs is 1. The fourth-order valence-corrected chi connectivity index (χ4v) is 3.80. The van der Waals surface area contributed by atoms with E-state index in [1.54, 1.807) is 0 Å². The molecule has 0 aliphatic heterocycles. The van der Waals surface area contributed by atoms with Crippen molar-refractivity contribution in [2.75, 3.05) is 0 Å². The van der Waals surface area contributed by atoms with Crippen LogP contribution < -0.4 is 0 Å². The number of aromatic nitrogens is 2. The zero-order chi connectivity index (χ0) is 21.2. The molecule has 154 valence electrons. The number of H-pyrrole nitrogens is 1. The lowest BCUT2D eigenvalue weighted by Gasteiger charge is -2.04. The number of aliphatic hydroxyl groups excluding tert-OH is 2. The van der Waals surface area contributed by atoms with Gasteiger partial charge >= 0.3 is 0 Å². The second-order valence-corrected chi connectivity index (χ2v) is 7.53. The quantitative estimate of drug-likeness (QED) is 0.365. The van der Waals surface area contributed by atoms with Crippen LogP contribution in [0.3, 0.4) is 0 Å². The average Bonchev–Trinajstić information content (AvgIpc) is 3.44. The standard InChI is InChI=1S/C26H22N2O3/c29-15-17-5-9-19(10-6-17)25-26(20-11-7-18(16-30)8-12-20)31-24(28-25)13-21-14-27-23-4-2-1-3-22(21)23/h1-12,14,27,29-30H,13,15-16H2. The van der Waals surface area contributed by atoms with E-state index in [2.05, 4.69) is 17.1 Å². The van der Waals surface area contributed by atoms with E-state index in [1.165, 1.54) is 0 Å². The Morgan fingerprint density at radius 3 is 2.10 bits per heavy atom. The van der Waals surface area contributed by atoms with Crippen molar-refractivity contribution in [1.29, 1.82) is 0 Å². The molecule has 0 unspecified atom stereocenters. The zero-order valence-corrected chi connectivity index (χ0v) is 16.9. The highest BCUT2D eigenvalue weighted by molar-refractivity contribution is 5.83. The van der Waals surface area contributed by atoms with Gasteiger partial charge in [0.15, 0.2) is 11.7 Å². The Labute approximate surface area is 179 Å². The molecule has 0 spiro atoms. The summed E-state index contributed by atoms with van der Waals surface area (Å²) in [6.45, 7) is -0.00162. The van der Waals surface area contributed by atoms with Crippen molar-refractivity contribution >= 4 is 10.9 Å². The van der Waals surface area contributed by atoms with Crippen LogP contribution in [0, 0.1) is 0 Å². The van der Waals surface area contributed by atoms with E-state index in [1.807, 2.05) is 66.9 Å². The molecule has 2 aromatic heterocycles. The number of aromatic amines is 1. The smallest absolute Gasteiger partial charge is 0.200 e. The van der Waals surface area contributed by atoms with Crippen molar-refractivity contribution in [1.82, 2.24) is 9.97 Å². The fraction of sp³-hybridized carbons (Fsp3) is 0.115. The number of para-hydroxylation sites is 1. The Morgan fingerprint density at radius 2 is 1.42 bits per heavy atom. The van der Waals surface area contributed by atoms with Crippen molar-refractivity contribution in [2.24, 2.45) is 0 Å². The van der Waals surface area contributed by atoms with Gasteiger partial charge in [0.2, 0.25) is 0 Å². The van der Waals surface area contributed by atoms with Crippen molar-refractivity contribution < 1.29 is 14.6 Å². The Balaban J connectivity index is 1.58. The van der Waals surface area contributed by atoms with Crippen LogP contribution in [0.2, 0.25) is 0 Å². The van der Waals surface area contributed by atoms with Gasteiger partial charge in [0.1, 0.15) is 5.69 Å². The van der Waals surface area contributed by atoms with E-state index in [0.29, 0.717) is 18.1 Å². The van der Waals surface area contributed by atoms with E-state index in [9.17, 15) is 10.2 Å². The van der Waals surface area contributed by atoms with Gasteiger partial charge in [0.05, 0.1) is 19.6 Å². The van der Waals surface area contributed by atoms with Gasteiger partial charge in [0, 0.05) is 28.2 Å². The van der Waals surface area contributed by atoms with Crippen molar-refractivity contribution in [3.63, 3.8) is 0 Å². The Morgan fingerprint density at radius 1 is 0.774 bits per heavy atom. The number of benzene rings is 3. The van der Waals surface area contributed by atoms with Gasteiger partial charge in [-0.3, -0.25) is 0 Å². The summed E-state index contributed by atoms with van der Waals surface area (Å²) in [5, 5.41) is 19.9. The Bertz CT molecular complexity index is 1250. The molecule has 0 atom stereocenters. The number of hydrogen-bond acceptors (Lipinski definition) is 4. The van der Waals surface area contributed by atoms with E-state index < -0.39 is 0 Å². The van der Waals surface area contributed by atoms with Crippen LogP contribution in [0.5, 0.6) is 0 Å². The Hall–Kier alpha value is -3.67. The van der Waals surface area contributed by atoms with Crippen LogP contribution in [0.25, 0.3) is 33.5 Å². The van der Waals surface area contributed by atoms with Gasteiger partial charge in [-0.25, -0.2) is 4.98 Å². The molecule has 0 fully saturated rings. The molecule has 0 aliphatic rings. The highest BCUT2D eigenvalue weighted by atomic mass is 16.4. The Kier molecular flexibility index (Phi) is 5.12. The lowest BCUT2D eigenvalue weighted by molar-refractivity contribution is 0.281. The highest BCUT2D eigenvalue weighted by Crippen LogP contribution is 2.34. The molecule has 5 heteroatoms. The number of aliphatic hydroxyl groups is 2. The molecule has 5 aromatic rings. The molecular weight excluding hydrogens is 388 g/mol. The normalized spacial score (nSPS) is 11.3. The summed E-state index contributed by atoms with van der Waals surface area (Å²) in [5.74, 6) is 1.32. The van der Waals surface area contributed by atoms with Gasteiger partial charge in [-0.1, -0.05) is 66.7 Å². The molecule has 3 N–H and O–H groups in total. The van der Waals surface area contributed by atoms with Gasteiger partial charge < -0.3 is 19.6 Å². The maximum Gasteiger partial charge on any atom is 0.200 e. The highest BCUT2D eigenvalue weighted by Gasteiger charge is 2.18. The summed E-state index contributed by atoms with van der Waals surface area (Å²) in [7, 11) is 0. The molecule has 3 aromatic carbocycles. The van der Waals surface area contributed by atoms with Crippen LogP contribution in [-0.2, 0) is 19.6 Å². The first-order valence-electron chi connectivity index (χ1n) is 10.2. The molecule has 5 rings (SSSR count). The number of oxazole rings is 1. The number of nitrogens with zero attached hydrogens (tertiary/aromatic N) is 1. The van der Waals surface area contributed by atoms with Crippen LogP contribution >= 0.6 is 0 Å². The number of hydrogen-bond donors (Lipinski definition) is 3. The summed E-state index contributed by atoms with van der Waals surface area (Å²) in [6.07, 6.45) is 2.57. The van der Waals surface area contributed by atoms with Crippen LogP contribution in [0.4, 0.5) is 0 Å². The summed E-state index contributed by atoms with van der Waals surface area (Å²) in [6, 6.07) is 23.5. The van der Waals surface area contributed by atoms with Gasteiger partial charge in [-0.2, -0.15) is 0 Å². The maximum atomic E-state index is 9.36. The second-order valence-electron chi connectivity index (χ2n) is 7.53. The van der Waals surface area contributed by atoms with Crippen LogP contribution in [0.15, 0.2) is 83.4 Å². The SMILES string of the molecule is OCc1ccc(-c2nc(Cc3c[nH]c4ccccc34)oc2-c2ccc(CO)cc2)cc1. The first-order chi connectivity index (χ1) is 15.2. The first kappa shape index (κ1) is 19.3. The number of rotatable bonds is 6. The van der Waals surface area contributed by atoms with Crippen molar-refractivity contribution in [2.45, 2.75) is 19.6 Å². The third-order valence-electron chi connectivity index (χ3n) is 5.50. The number of nitrogens with one attached hydrogen (secondary N) is 1. The van der Waals surface area contributed by atoms with E-state index in [0.717, 1.165) is 44.4 Å². The molecule has 0 bridgehead atoms. The largest absolute Gasteiger partial charge is 0.440 e.